The maximum absolute atomic E-state index is 13.7. The van der Waals surface area contributed by atoms with E-state index < -0.39 is 11.6 Å². The van der Waals surface area contributed by atoms with Crippen molar-refractivity contribution >= 4 is 22.3 Å². The molecule has 0 bridgehead atoms. The lowest BCUT2D eigenvalue weighted by molar-refractivity contribution is -0.116. The lowest BCUT2D eigenvalue weighted by Crippen LogP contribution is -2.20. The van der Waals surface area contributed by atoms with Gasteiger partial charge in [0.1, 0.15) is 22.8 Å². The molecule has 1 amide bonds. The van der Waals surface area contributed by atoms with E-state index in [0.717, 1.165) is 18.7 Å². The van der Waals surface area contributed by atoms with Crippen molar-refractivity contribution in [1.29, 1.82) is 0 Å². The number of rotatable bonds is 12. The number of methoxy groups -OCH3 is 1. The number of allylic oxidation sites excluding steroid dienone is 2. The first-order valence-electron chi connectivity index (χ1n) is 10.3. The van der Waals surface area contributed by atoms with Gasteiger partial charge in [0.05, 0.1) is 31.6 Å². The SMILES string of the molecule is C/C(=C/C(OCc1ccc(F)cc1F)=C(\N)Br)N(C=O)Cc1cnccn1.CCOCCOC. The summed E-state index contributed by atoms with van der Waals surface area (Å²) in [5.41, 5.74) is 7.04. The second kappa shape index (κ2) is 16.7. The maximum atomic E-state index is 13.7. The summed E-state index contributed by atoms with van der Waals surface area (Å²) in [5.74, 6) is -1.20. The Labute approximate surface area is 206 Å². The van der Waals surface area contributed by atoms with Gasteiger partial charge in [-0.15, -0.1) is 0 Å². The molecular weight excluding hydrogens is 514 g/mol. The van der Waals surface area contributed by atoms with Gasteiger partial charge in [0, 0.05) is 49.5 Å². The Morgan fingerprint density at radius 3 is 2.59 bits per heavy atom. The van der Waals surface area contributed by atoms with Crippen LogP contribution in [0.2, 0.25) is 0 Å². The molecular formula is C23H29BrF2N4O4. The van der Waals surface area contributed by atoms with Crippen molar-refractivity contribution in [3.63, 3.8) is 0 Å². The zero-order valence-electron chi connectivity index (χ0n) is 19.3. The van der Waals surface area contributed by atoms with Gasteiger partial charge in [-0.2, -0.15) is 0 Å². The molecule has 0 radical (unpaired) electrons. The molecule has 0 aliphatic carbocycles. The molecule has 1 aromatic carbocycles. The van der Waals surface area contributed by atoms with Crippen molar-refractivity contribution in [1.82, 2.24) is 14.9 Å². The van der Waals surface area contributed by atoms with E-state index in [2.05, 4.69) is 25.9 Å². The number of hydrogen-bond acceptors (Lipinski definition) is 7. The monoisotopic (exact) mass is 542 g/mol. The van der Waals surface area contributed by atoms with E-state index in [1.165, 1.54) is 29.4 Å². The van der Waals surface area contributed by atoms with Crippen LogP contribution < -0.4 is 5.73 Å². The maximum Gasteiger partial charge on any atom is 0.214 e. The van der Waals surface area contributed by atoms with Crippen LogP contribution in [0.25, 0.3) is 0 Å². The number of nitrogens with zero attached hydrogens (tertiary/aromatic N) is 3. The number of nitrogens with two attached hydrogens (primary N) is 1. The molecule has 2 N–H and O–H groups in total. The molecule has 0 saturated carbocycles. The van der Waals surface area contributed by atoms with Crippen LogP contribution in [0.5, 0.6) is 0 Å². The molecule has 0 unspecified atom stereocenters. The number of carbonyl (C=O) groups excluding carboxylic acids is 1. The summed E-state index contributed by atoms with van der Waals surface area (Å²) in [5, 5.41) is 0. The quantitative estimate of drug-likeness (QED) is 0.142. The van der Waals surface area contributed by atoms with E-state index >= 15 is 0 Å². The standard InChI is InChI=1S/C18H17BrF2N4O2.C5H12O2/c1-12(25(11-26)9-15-8-23-4-5-24-15)6-17(18(19)22)27-10-13-2-3-14(20)7-16(13)21;1-3-7-5-4-6-2/h2-8,11H,9-10,22H2,1H3;3-5H2,1-2H3/b12-6-,18-17+;. The molecule has 0 spiro atoms. The minimum absolute atomic E-state index is 0.162. The van der Waals surface area contributed by atoms with Crippen LogP contribution in [0.15, 0.2) is 58.9 Å². The zero-order chi connectivity index (χ0) is 25.3. The fourth-order valence-electron chi connectivity index (χ4n) is 2.36. The van der Waals surface area contributed by atoms with E-state index in [4.69, 9.17) is 19.9 Å². The smallest absolute Gasteiger partial charge is 0.214 e. The van der Waals surface area contributed by atoms with Crippen LogP contribution in [0.1, 0.15) is 25.1 Å². The molecule has 1 heterocycles. The number of hydrogen-bond donors (Lipinski definition) is 1. The molecule has 11 heteroatoms. The molecule has 0 aliphatic rings. The highest BCUT2D eigenvalue weighted by Gasteiger charge is 2.11. The van der Waals surface area contributed by atoms with E-state index in [9.17, 15) is 13.6 Å². The summed E-state index contributed by atoms with van der Waals surface area (Å²) in [4.78, 5) is 20.9. The van der Waals surface area contributed by atoms with Gasteiger partial charge in [-0.3, -0.25) is 14.8 Å². The Hall–Kier alpha value is -2.89. The van der Waals surface area contributed by atoms with Crippen LogP contribution in [0.3, 0.4) is 0 Å². The topological polar surface area (TPSA) is 99.8 Å². The molecule has 34 heavy (non-hydrogen) atoms. The van der Waals surface area contributed by atoms with Gasteiger partial charge < -0.3 is 24.8 Å². The molecule has 186 valence electrons. The van der Waals surface area contributed by atoms with Crippen molar-refractivity contribution < 1.29 is 27.8 Å². The summed E-state index contributed by atoms with van der Waals surface area (Å²) in [6.07, 6.45) is 6.78. The van der Waals surface area contributed by atoms with Gasteiger partial charge in [-0.25, -0.2) is 8.78 Å². The molecule has 0 atom stereocenters. The number of ether oxygens (including phenoxy) is 3. The Morgan fingerprint density at radius 1 is 1.26 bits per heavy atom. The summed E-state index contributed by atoms with van der Waals surface area (Å²) in [6.45, 7) is 5.90. The van der Waals surface area contributed by atoms with Crippen LogP contribution >= 0.6 is 15.9 Å². The highest BCUT2D eigenvalue weighted by atomic mass is 79.9. The van der Waals surface area contributed by atoms with Crippen molar-refractivity contribution in [2.24, 2.45) is 5.73 Å². The van der Waals surface area contributed by atoms with Crippen LogP contribution in [0, 0.1) is 11.6 Å². The lowest BCUT2D eigenvalue weighted by Gasteiger charge is -2.18. The van der Waals surface area contributed by atoms with Gasteiger partial charge in [-0.1, -0.05) is 0 Å². The van der Waals surface area contributed by atoms with Crippen LogP contribution in [0.4, 0.5) is 8.78 Å². The van der Waals surface area contributed by atoms with Crippen molar-refractivity contribution in [2.45, 2.75) is 27.0 Å². The normalized spacial score (nSPS) is 11.8. The minimum atomic E-state index is -0.722. The lowest BCUT2D eigenvalue weighted by atomic mass is 10.2. The predicted octanol–water partition coefficient (Wildman–Crippen LogP) is 4.03. The second-order valence-corrected chi connectivity index (χ2v) is 7.50. The van der Waals surface area contributed by atoms with Crippen molar-refractivity contribution in [3.05, 3.63) is 81.8 Å². The van der Waals surface area contributed by atoms with Crippen LogP contribution in [-0.2, 0) is 32.2 Å². The minimum Gasteiger partial charge on any atom is -0.486 e. The Kier molecular flexibility index (Phi) is 14.3. The predicted molar refractivity (Wildman–Crippen MR) is 127 cm³/mol. The van der Waals surface area contributed by atoms with E-state index in [0.29, 0.717) is 31.0 Å². The van der Waals surface area contributed by atoms with Crippen molar-refractivity contribution in [3.8, 4) is 0 Å². The largest absolute Gasteiger partial charge is 0.486 e. The highest BCUT2D eigenvalue weighted by Crippen LogP contribution is 2.18. The Balaban J connectivity index is 0.000000718. The molecule has 0 aliphatic heterocycles. The second-order valence-electron chi connectivity index (χ2n) is 6.64. The zero-order valence-corrected chi connectivity index (χ0v) is 20.9. The van der Waals surface area contributed by atoms with Crippen LogP contribution in [-0.4, -0.2) is 48.2 Å². The molecule has 1 aromatic heterocycles. The number of halogens is 3. The molecule has 2 rings (SSSR count). The van der Waals surface area contributed by atoms with Crippen molar-refractivity contribution in [2.75, 3.05) is 26.9 Å². The third-order valence-corrected chi connectivity index (χ3v) is 4.53. The number of carbonyl (C=O) groups is 1. The summed E-state index contributed by atoms with van der Waals surface area (Å²) >= 11 is 3.12. The van der Waals surface area contributed by atoms with Gasteiger partial charge in [0.25, 0.3) is 0 Å². The first kappa shape index (κ1) is 29.1. The van der Waals surface area contributed by atoms with Gasteiger partial charge in [0.2, 0.25) is 6.41 Å². The van der Waals surface area contributed by atoms with Gasteiger partial charge in [-0.05, 0) is 41.9 Å². The van der Waals surface area contributed by atoms with E-state index in [-0.39, 0.29) is 29.1 Å². The molecule has 0 fully saturated rings. The summed E-state index contributed by atoms with van der Waals surface area (Å²) < 4.78 is 42.1. The average Bonchev–Trinajstić information content (AvgIpc) is 2.82. The molecule has 0 saturated heterocycles. The van der Waals surface area contributed by atoms with E-state index in [1.807, 2.05) is 6.92 Å². The van der Waals surface area contributed by atoms with Gasteiger partial charge >= 0.3 is 0 Å². The number of benzene rings is 1. The Morgan fingerprint density at radius 2 is 2.03 bits per heavy atom. The molecule has 2 aromatic rings. The fourth-order valence-corrected chi connectivity index (χ4v) is 2.59. The average molecular weight is 543 g/mol. The number of aromatic nitrogens is 2. The highest BCUT2D eigenvalue weighted by molar-refractivity contribution is 9.11. The third kappa shape index (κ3) is 11.3. The summed E-state index contributed by atoms with van der Waals surface area (Å²) in [6, 6.07) is 3.20. The van der Waals surface area contributed by atoms with E-state index in [1.54, 1.807) is 20.2 Å². The fraction of sp³-hybridized carbons (Fsp3) is 0.348. The summed E-state index contributed by atoms with van der Waals surface area (Å²) in [7, 11) is 1.67. The first-order chi connectivity index (χ1) is 16.3. The van der Waals surface area contributed by atoms with Gasteiger partial charge in [0.15, 0.2) is 5.76 Å². The molecule has 8 nitrogen and oxygen atoms in total. The Bertz CT molecular complexity index is 938. The number of amides is 1. The third-order valence-electron chi connectivity index (χ3n) is 4.14. The first-order valence-corrected chi connectivity index (χ1v) is 11.0.